The summed E-state index contributed by atoms with van der Waals surface area (Å²) in [5, 5.41) is 1.37. The Bertz CT molecular complexity index is 573. The van der Waals surface area contributed by atoms with E-state index in [4.69, 9.17) is 33.8 Å². The maximum Gasteiger partial charge on any atom is 0.122 e. The summed E-state index contributed by atoms with van der Waals surface area (Å²) in [6.45, 7) is 0. The third-order valence-corrected chi connectivity index (χ3v) is 3.63. The van der Waals surface area contributed by atoms with Crippen molar-refractivity contribution in [1.82, 2.24) is 5.43 Å². The molecular weight excluding hydrogens is 295 g/mol. The smallest absolute Gasteiger partial charge is 0.122 e. The predicted octanol–water partition coefficient (Wildman–Crippen LogP) is 3.75. The normalized spacial score (nSPS) is 12.2. The van der Waals surface area contributed by atoms with E-state index in [-0.39, 0.29) is 6.04 Å². The summed E-state index contributed by atoms with van der Waals surface area (Å²) in [7, 11) is 1.64. The number of halogens is 2. The number of rotatable bonds is 5. The van der Waals surface area contributed by atoms with E-state index in [1.165, 1.54) is 0 Å². The summed E-state index contributed by atoms with van der Waals surface area (Å²) < 4.78 is 5.35. The van der Waals surface area contributed by atoms with E-state index in [0.717, 1.165) is 16.9 Å². The Morgan fingerprint density at radius 3 is 2.35 bits per heavy atom. The minimum atomic E-state index is -0.0420. The van der Waals surface area contributed by atoms with Crippen LogP contribution >= 0.6 is 23.2 Å². The summed E-state index contributed by atoms with van der Waals surface area (Å²) in [6, 6.07) is 13.1. The van der Waals surface area contributed by atoms with Crippen molar-refractivity contribution in [2.24, 2.45) is 5.84 Å². The second kappa shape index (κ2) is 6.95. The summed E-state index contributed by atoms with van der Waals surface area (Å²) in [5.74, 6) is 6.46. The van der Waals surface area contributed by atoms with Crippen LogP contribution in [0.15, 0.2) is 42.5 Å². The maximum absolute atomic E-state index is 6.04. The van der Waals surface area contributed by atoms with Crippen LogP contribution in [0, 0.1) is 0 Å². The van der Waals surface area contributed by atoms with Crippen LogP contribution in [0.5, 0.6) is 5.75 Å². The zero-order chi connectivity index (χ0) is 14.5. The molecule has 2 rings (SSSR count). The molecule has 0 radical (unpaired) electrons. The zero-order valence-corrected chi connectivity index (χ0v) is 12.6. The van der Waals surface area contributed by atoms with Crippen LogP contribution in [-0.2, 0) is 6.42 Å². The van der Waals surface area contributed by atoms with Crippen LogP contribution in [0.3, 0.4) is 0 Å². The SMILES string of the molecule is COc1ccc(Cl)cc1CC(NN)c1ccc(Cl)cc1. The topological polar surface area (TPSA) is 47.3 Å². The summed E-state index contributed by atoms with van der Waals surface area (Å²) in [6.07, 6.45) is 0.669. The van der Waals surface area contributed by atoms with E-state index in [1.54, 1.807) is 13.2 Å². The molecule has 0 fully saturated rings. The molecule has 20 heavy (non-hydrogen) atoms. The van der Waals surface area contributed by atoms with E-state index in [2.05, 4.69) is 5.43 Å². The molecule has 3 nitrogen and oxygen atoms in total. The number of nitrogens with one attached hydrogen (secondary N) is 1. The molecule has 0 saturated heterocycles. The molecule has 0 spiro atoms. The number of hydrogen-bond donors (Lipinski definition) is 2. The van der Waals surface area contributed by atoms with Gasteiger partial charge in [0.15, 0.2) is 0 Å². The van der Waals surface area contributed by atoms with Crippen molar-refractivity contribution in [3.05, 3.63) is 63.6 Å². The van der Waals surface area contributed by atoms with Gasteiger partial charge in [-0.3, -0.25) is 11.3 Å². The molecule has 106 valence electrons. The minimum Gasteiger partial charge on any atom is -0.496 e. The van der Waals surface area contributed by atoms with Gasteiger partial charge in [-0.15, -0.1) is 0 Å². The van der Waals surface area contributed by atoms with Crippen LogP contribution < -0.4 is 16.0 Å². The lowest BCUT2D eigenvalue weighted by molar-refractivity contribution is 0.405. The fraction of sp³-hybridized carbons (Fsp3) is 0.200. The van der Waals surface area contributed by atoms with Crippen molar-refractivity contribution in [2.75, 3.05) is 7.11 Å². The highest BCUT2D eigenvalue weighted by Gasteiger charge is 2.14. The molecule has 0 bridgehead atoms. The molecule has 3 N–H and O–H groups in total. The van der Waals surface area contributed by atoms with Crippen molar-refractivity contribution >= 4 is 23.2 Å². The number of methoxy groups -OCH3 is 1. The lowest BCUT2D eigenvalue weighted by Gasteiger charge is -2.18. The Labute approximate surface area is 128 Å². The van der Waals surface area contributed by atoms with Crippen molar-refractivity contribution in [2.45, 2.75) is 12.5 Å². The van der Waals surface area contributed by atoms with Gasteiger partial charge in [-0.2, -0.15) is 0 Å². The van der Waals surface area contributed by atoms with Gasteiger partial charge in [0.05, 0.1) is 13.2 Å². The van der Waals surface area contributed by atoms with Gasteiger partial charge in [-0.05, 0) is 47.9 Å². The Hall–Kier alpha value is -1.26. The van der Waals surface area contributed by atoms with Crippen molar-refractivity contribution in [3.8, 4) is 5.75 Å². The van der Waals surface area contributed by atoms with Gasteiger partial charge in [0.1, 0.15) is 5.75 Å². The molecule has 0 amide bonds. The van der Waals surface area contributed by atoms with Crippen LogP contribution in [0.25, 0.3) is 0 Å². The van der Waals surface area contributed by atoms with Gasteiger partial charge >= 0.3 is 0 Å². The van der Waals surface area contributed by atoms with Gasteiger partial charge in [0.2, 0.25) is 0 Å². The third-order valence-electron chi connectivity index (χ3n) is 3.14. The predicted molar refractivity (Wildman–Crippen MR) is 83.2 cm³/mol. The second-order valence-corrected chi connectivity index (χ2v) is 5.30. The molecule has 1 atom stereocenters. The molecule has 0 aliphatic carbocycles. The van der Waals surface area contributed by atoms with Gasteiger partial charge in [-0.1, -0.05) is 35.3 Å². The van der Waals surface area contributed by atoms with Crippen LogP contribution in [0.2, 0.25) is 10.0 Å². The molecule has 1 unspecified atom stereocenters. The highest BCUT2D eigenvalue weighted by Crippen LogP contribution is 2.28. The third kappa shape index (κ3) is 3.64. The van der Waals surface area contributed by atoms with Crippen LogP contribution in [0.1, 0.15) is 17.2 Å². The Balaban J connectivity index is 2.26. The molecule has 0 heterocycles. The fourth-order valence-corrected chi connectivity index (χ4v) is 2.42. The van der Waals surface area contributed by atoms with E-state index in [1.807, 2.05) is 36.4 Å². The highest BCUT2D eigenvalue weighted by atomic mass is 35.5. The second-order valence-electron chi connectivity index (χ2n) is 4.43. The van der Waals surface area contributed by atoms with E-state index in [0.29, 0.717) is 16.5 Å². The summed E-state index contributed by atoms with van der Waals surface area (Å²) in [5.41, 5.74) is 4.87. The Kier molecular flexibility index (Phi) is 5.26. The van der Waals surface area contributed by atoms with E-state index in [9.17, 15) is 0 Å². The van der Waals surface area contributed by atoms with E-state index >= 15 is 0 Å². The van der Waals surface area contributed by atoms with Gasteiger partial charge in [-0.25, -0.2) is 0 Å². The van der Waals surface area contributed by atoms with Crippen molar-refractivity contribution < 1.29 is 4.74 Å². The quantitative estimate of drug-likeness (QED) is 0.653. The first kappa shape index (κ1) is 15.1. The highest BCUT2D eigenvalue weighted by molar-refractivity contribution is 6.30. The molecular formula is C15H16Cl2N2O. The fourth-order valence-electron chi connectivity index (χ4n) is 2.09. The lowest BCUT2D eigenvalue weighted by Crippen LogP contribution is -2.29. The number of ether oxygens (including phenoxy) is 1. The van der Waals surface area contributed by atoms with Gasteiger partial charge < -0.3 is 4.74 Å². The number of benzene rings is 2. The number of nitrogens with two attached hydrogens (primary N) is 1. The Morgan fingerprint density at radius 1 is 1.10 bits per heavy atom. The first-order valence-electron chi connectivity index (χ1n) is 6.18. The largest absolute Gasteiger partial charge is 0.496 e. The number of hydrogen-bond acceptors (Lipinski definition) is 3. The van der Waals surface area contributed by atoms with Crippen LogP contribution in [-0.4, -0.2) is 7.11 Å². The minimum absolute atomic E-state index is 0.0420. The van der Waals surface area contributed by atoms with Gasteiger partial charge in [0.25, 0.3) is 0 Å². The maximum atomic E-state index is 6.04. The summed E-state index contributed by atoms with van der Waals surface area (Å²) >= 11 is 11.9. The molecule has 2 aromatic rings. The van der Waals surface area contributed by atoms with Crippen LogP contribution in [0.4, 0.5) is 0 Å². The summed E-state index contributed by atoms with van der Waals surface area (Å²) in [4.78, 5) is 0. The zero-order valence-electron chi connectivity index (χ0n) is 11.1. The monoisotopic (exact) mass is 310 g/mol. The molecule has 5 heteroatoms. The molecule has 0 saturated carbocycles. The molecule has 2 aromatic carbocycles. The standard InChI is InChI=1S/C15H16Cl2N2O/c1-20-15-7-6-13(17)8-11(15)9-14(19-18)10-2-4-12(16)5-3-10/h2-8,14,19H,9,18H2,1H3. The first-order valence-corrected chi connectivity index (χ1v) is 6.93. The number of hydrazine groups is 1. The average molecular weight is 311 g/mol. The van der Waals surface area contributed by atoms with Gasteiger partial charge in [0, 0.05) is 10.0 Å². The Morgan fingerprint density at radius 2 is 1.75 bits per heavy atom. The van der Waals surface area contributed by atoms with E-state index < -0.39 is 0 Å². The molecule has 0 aromatic heterocycles. The van der Waals surface area contributed by atoms with Crippen molar-refractivity contribution in [1.29, 1.82) is 0 Å². The average Bonchev–Trinajstić information content (AvgIpc) is 2.46. The first-order chi connectivity index (χ1) is 9.63. The lowest BCUT2D eigenvalue weighted by atomic mass is 9.99. The molecule has 0 aliphatic heterocycles. The van der Waals surface area contributed by atoms with Crippen molar-refractivity contribution in [3.63, 3.8) is 0 Å². The molecule has 0 aliphatic rings.